The molecule has 5 nitrogen and oxygen atoms in total. The number of rotatable bonds is 3. The van der Waals surface area contributed by atoms with Crippen LogP contribution < -0.4 is 10.2 Å². The fourth-order valence-corrected chi connectivity index (χ4v) is 2.76. The Kier molecular flexibility index (Phi) is 4.63. The van der Waals surface area contributed by atoms with E-state index in [4.69, 9.17) is 16.6 Å². The summed E-state index contributed by atoms with van der Waals surface area (Å²) in [7, 11) is 0. The maximum Gasteiger partial charge on any atom is 0.270 e. The Labute approximate surface area is 150 Å². The van der Waals surface area contributed by atoms with Gasteiger partial charge in [0.1, 0.15) is 11.3 Å². The first-order chi connectivity index (χ1) is 12.0. The molecule has 1 aromatic carbocycles. The molecule has 1 aromatic heterocycles. The van der Waals surface area contributed by atoms with Gasteiger partial charge in [0, 0.05) is 0 Å². The molecular weight excluding hydrogens is 336 g/mol. The summed E-state index contributed by atoms with van der Waals surface area (Å²) < 4.78 is 5.18. The van der Waals surface area contributed by atoms with Crippen molar-refractivity contribution >= 4 is 40.9 Å². The number of aryl methyl sites for hydroxylation is 2. The third kappa shape index (κ3) is 3.44. The first kappa shape index (κ1) is 16.9. The number of allylic oxidation sites excluding steroid dienone is 2. The van der Waals surface area contributed by atoms with Crippen LogP contribution in [-0.2, 0) is 9.59 Å². The van der Waals surface area contributed by atoms with Gasteiger partial charge in [0.2, 0.25) is 0 Å². The molecule has 0 spiro atoms. The van der Waals surface area contributed by atoms with Gasteiger partial charge in [-0.1, -0.05) is 18.2 Å². The zero-order chi connectivity index (χ0) is 18.0. The highest BCUT2D eigenvalue weighted by molar-refractivity contribution is 7.80. The molecule has 1 fully saturated rings. The number of nitrogens with one attached hydrogen (secondary N) is 1. The van der Waals surface area contributed by atoms with Crippen LogP contribution in [0.2, 0.25) is 0 Å². The van der Waals surface area contributed by atoms with Crippen LogP contribution in [-0.4, -0.2) is 16.9 Å². The Morgan fingerprint density at radius 3 is 2.72 bits per heavy atom. The molecule has 0 bridgehead atoms. The van der Waals surface area contributed by atoms with E-state index in [0.717, 1.165) is 11.1 Å². The van der Waals surface area contributed by atoms with Gasteiger partial charge in [-0.2, -0.15) is 0 Å². The minimum Gasteiger partial charge on any atom is -0.465 e. The molecule has 2 amide bonds. The van der Waals surface area contributed by atoms with Crippen LogP contribution >= 0.6 is 12.2 Å². The summed E-state index contributed by atoms with van der Waals surface area (Å²) in [6.45, 7) is 3.82. The van der Waals surface area contributed by atoms with Gasteiger partial charge in [-0.3, -0.25) is 19.8 Å². The molecule has 6 heteroatoms. The number of anilines is 1. The molecular formula is C19H16N2O3S. The summed E-state index contributed by atoms with van der Waals surface area (Å²) in [5.74, 6) is -0.338. The summed E-state index contributed by atoms with van der Waals surface area (Å²) in [4.78, 5) is 26.4. The Morgan fingerprint density at radius 2 is 2.00 bits per heavy atom. The van der Waals surface area contributed by atoms with Crippen LogP contribution in [0.3, 0.4) is 0 Å². The number of benzene rings is 1. The first-order valence-electron chi connectivity index (χ1n) is 7.66. The van der Waals surface area contributed by atoms with Crippen molar-refractivity contribution in [2.45, 2.75) is 13.8 Å². The van der Waals surface area contributed by atoms with Crippen LogP contribution in [0.1, 0.15) is 16.9 Å². The minimum absolute atomic E-state index is 0.0114. The lowest BCUT2D eigenvalue weighted by atomic mass is 10.1. The molecule has 25 heavy (non-hydrogen) atoms. The molecule has 1 saturated heterocycles. The van der Waals surface area contributed by atoms with Gasteiger partial charge in [0.05, 0.1) is 12.0 Å². The fraction of sp³-hybridized carbons (Fsp3) is 0.105. The van der Waals surface area contributed by atoms with E-state index in [2.05, 4.69) is 5.32 Å². The Morgan fingerprint density at radius 1 is 1.20 bits per heavy atom. The molecule has 2 aromatic rings. The second kappa shape index (κ2) is 6.86. The quantitative estimate of drug-likeness (QED) is 0.523. The average molecular weight is 352 g/mol. The Balaban J connectivity index is 1.95. The van der Waals surface area contributed by atoms with E-state index in [-0.39, 0.29) is 10.7 Å². The van der Waals surface area contributed by atoms with Gasteiger partial charge in [-0.15, -0.1) is 0 Å². The van der Waals surface area contributed by atoms with E-state index in [1.807, 2.05) is 32.0 Å². The van der Waals surface area contributed by atoms with Crippen LogP contribution in [0.25, 0.3) is 6.08 Å². The van der Waals surface area contributed by atoms with Gasteiger partial charge in [-0.05, 0) is 67.5 Å². The molecule has 2 heterocycles. The average Bonchev–Trinajstić information content (AvgIpc) is 3.07. The molecule has 0 unspecified atom stereocenters. The number of thiocarbonyl (C=S) groups is 1. The molecule has 0 radical (unpaired) electrons. The van der Waals surface area contributed by atoms with E-state index in [9.17, 15) is 9.59 Å². The van der Waals surface area contributed by atoms with E-state index >= 15 is 0 Å². The van der Waals surface area contributed by atoms with E-state index in [1.54, 1.807) is 30.5 Å². The van der Waals surface area contributed by atoms with E-state index in [1.165, 1.54) is 11.0 Å². The lowest BCUT2D eigenvalue weighted by Crippen LogP contribution is -2.54. The predicted octanol–water partition coefficient (Wildman–Crippen LogP) is 3.28. The number of nitrogens with zero attached hydrogens (tertiary/aromatic N) is 1. The highest BCUT2D eigenvalue weighted by Crippen LogP contribution is 2.25. The van der Waals surface area contributed by atoms with Crippen molar-refractivity contribution in [3.8, 4) is 0 Å². The predicted molar refractivity (Wildman–Crippen MR) is 100.0 cm³/mol. The van der Waals surface area contributed by atoms with Gasteiger partial charge >= 0.3 is 0 Å². The Bertz CT molecular complexity index is 911. The van der Waals surface area contributed by atoms with Crippen molar-refractivity contribution in [3.05, 3.63) is 71.2 Å². The number of hydrogen-bond donors (Lipinski definition) is 1. The summed E-state index contributed by atoms with van der Waals surface area (Å²) in [5.41, 5.74) is 2.56. The molecule has 3 rings (SSSR count). The van der Waals surface area contributed by atoms with E-state index in [0.29, 0.717) is 11.4 Å². The number of carbonyl (C=O) groups excluding carboxylic acids is 2. The van der Waals surface area contributed by atoms with Crippen molar-refractivity contribution < 1.29 is 14.0 Å². The van der Waals surface area contributed by atoms with Crippen molar-refractivity contribution in [3.63, 3.8) is 0 Å². The second-order valence-electron chi connectivity index (χ2n) is 5.64. The minimum atomic E-state index is -0.513. The normalized spacial score (nSPS) is 16.8. The van der Waals surface area contributed by atoms with Crippen LogP contribution in [0.4, 0.5) is 5.69 Å². The molecule has 0 aliphatic carbocycles. The number of furan rings is 1. The van der Waals surface area contributed by atoms with Crippen LogP contribution in [0.15, 0.2) is 58.7 Å². The van der Waals surface area contributed by atoms with Gasteiger partial charge in [-0.25, -0.2) is 0 Å². The third-order valence-electron chi connectivity index (χ3n) is 3.77. The van der Waals surface area contributed by atoms with Crippen molar-refractivity contribution in [2.75, 3.05) is 4.90 Å². The van der Waals surface area contributed by atoms with E-state index < -0.39 is 11.8 Å². The maximum atomic E-state index is 12.9. The highest BCUT2D eigenvalue weighted by Gasteiger charge is 2.34. The van der Waals surface area contributed by atoms with Crippen LogP contribution in [0, 0.1) is 13.8 Å². The first-order valence-corrected chi connectivity index (χ1v) is 8.07. The number of hydrogen-bond acceptors (Lipinski definition) is 4. The molecule has 0 saturated carbocycles. The Hall–Kier alpha value is -2.99. The summed E-state index contributed by atoms with van der Waals surface area (Å²) in [5, 5.41) is 2.65. The second-order valence-corrected chi connectivity index (χ2v) is 6.03. The van der Waals surface area contributed by atoms with Gasteiger partial charge < -0.3 is 4.42 Å². The molecule has 0 atom stereocenters. The molecule has 1 aliphatic heterocycles. The van der Waals surface area contributed by atoms with Crippen LogP contribution in [0.5, 0.6) is 0 Å². The lowest BCUT2D eigenvalue weighted by molar-refractivity contribution is -0.122. The third-order valence-corrected chi connectivity index (χ3v) is 4.06. The molecule has 126 valence electrons. The fourth-order valence-electron chi connectivity index (χ4n) is 2.48. The zero-order valence-corrected chi connectivity index (χ0v) is 14.6. The topological polar surface area (TPSA) is 62.6 Å². The summed E-state index contributed by atoms with van der Waals surface area (Å²) in [6.07, 6.45) is 6.27. The monoisotopic (exact) mass is 352 g/mol. The number of amides is 2. The highest BCUT2D eigenvalue weighted by atomic mass is 32.1. The van der Waals surface area contributed by atoms with Gasteiger partial charge in [0.15, 0.2) is 5.11 Å². The summed E-state index contributed by atoms with van der Waals surface area (Å²) in [6, 6.07) is 9.27. The largest absolute Gasteiger partial charge is 0.465 e. The summed E-state index contributed by atoms with van der Waals surface area (Å²) >= 11 is 5.21. The molecule has 1 aliphatic rings. The maximum absolute atomic E-state index is 12.9. The lowest BCUT2D eigenvalue weighted by Gasteiger charge is -2.30. The SMILES string of the molecule is Cc1ccc(C)c(N2C(=O)/C(=C/C=C/c3ccco3)C(=O)NC2=S)c1. The zero-order valence-electron chi connectivity index (χ0n) is 13.8. The van der Waals surface area contributed by atoms with Gasteiger partial charge in [0.25, 0.3) is 11.8 Å². The smallest absolute Gasteiger partial charge is 0.270 e. The molecule has 1 N–H and O–H groups in total. The van der Waals surface area contributed by atoms with Crippen molar-refractivity contribution in [2.24, 2.45) is 0 Å². The standard InChI is InChI=1S/C19H16N2O3S/c1-12-8-9-13(2)16(11-12)21-18(23)15(17(22)20-19(21)25)7-3-5-14-6-4-10-24-14/h3-11H,1-2H3,(H,20,22,25)/b5-3+,15-7+. The van der Waals surface area contributed by atoms with Crippen molar-refractivity contribution in [1.82, 2.24) is 5.32 Å². The number of carbonyl (C=O) groups is 2. The van der Waals surface area contributed by atoms with Crippen molar-refractivity contribution in [1.29, 1.82) is 0 Å².